The van der Waals surface area contributed by atoms with Gasteiger partial charge in [0.1, 0.15) is 5.69 Å². The summed E-state index contributed by atoms with van der Waals surface area (Å²) in [6.45, 7) is 1.70. The molecule has 0 aliphatic heterocycles. The summed E-state index contributed by atoms with van der Waals surface area (Å²) in [5.74, 6) is 0. The van der Waals surface area contributed by atoms with Gasteiger partial charge >= 0.3 is 0 Å². The Morgan fingerprint density at radius 2 is 1.89 bits per heavy atom. The molecule has 0 radical (unpaired) electrons. The first-order valence-corrected chi connectivity index (χ1v) is 6.45. The molecule has 0 atom stereocenters. The monoisotopic (exact) mass is 254 g/mol. The molecular weight excluding hydrogens is 244 g/mol. The van der Waals surface area contributed by atoms with E-state index in [1.54, 1.807) is 18.3 Å². The Balaban J connectivity index is 2.51. The SMILES string of the molecule is Cc1nc(-c2cccs2)c2ccccc2nc1=O. The summed E-state index contributed by atoms with van der Waals surface area (Å²) in [4.78, 5) is 21.4. The maximum absolute atomic E-state index is 11.8. The number of hydrogen-bond acceptors (Lipinski definition) is 4. The van der Waals surface area contributed by atoms with Crippen LogP contribution >= 0.6 is 11.3 Å². The predicted molar refractivity (Wildman–Crippen MR) is 73.9 cm³/mol. The third-order valence-corrected chi connectivity index (χ3v) is 3.60. The number of aromatic nitrogens is 2. The number of para-hydroxylation sites is 1. The Kier molecular flexibility index (Phi) is 2.64. The van der Waals surface area contributed by atoms with Gasteiger partial charge in [0.2, 0.25) is 0 Å². The second kappa shape index (κ2) is 4.31. The molecule has 0 bridgehead atoms. The number of aryl methyl sites for hydroxylation is 1. The van der Waals surface area contributed by atoms with Gasteiger partial charge in [-0.25, -0.2) is 9.97 Å². The van der Waals surface area contributed by atoms with E-state index >= 15 is 0 Å². The van der Waals surface area contributed by atoms with Gasteiger partial charge in [-0.2, -0.15) is 0 Å². The highest BCUT2D eigenvalue weighted by molar-refractivity contribution is 7.13. The minimum atomic E-state index is -0.269. The minimum Gasteiger partial charge on any atom is -0.265 e. The van der Waals surface area contributed by atoms with E-state index in [9.17, 15) is 4.79 Å². The van der Waals surface area contributed by atoms with E-state index in [1.807, 2.05) is 41.8 Å². The highest BCUT2D eigenvalue weighted by Gasteiger charge is 2.08. The number of thiophene rings is 1. The van der Waals surface area contributed by atoms with Crippen LogP contribution in [-0.4, -0.2) is 9.97 Å². The molecule has 88 valence electrons. The fourth-order valence-electron chi connectivity index (χ4n) is 1.84. The first-order chi connectivity index (χ1) is 8.75. The molecule has 0 saturated carbocycles. The number of benzene rings is 1. The van der Waals surface area contributed by atoms with Gasteiger partial charge in [0.05, 0.1) is 16.1 Å². The summed E-state index contributed by atoms with van der Waals surface area (Å²) in [6.07, 6.45) is 0. The van der Waals surface area contributed by atoms with Gasteiger partial charge < -0.3 is 0 Å². The van der Waals surface area contributed by atoms with Crippen molar-refractivity contribution in [1.29, 1.82) is 0 Å². The average Bonchev–Trinajstić information content (AvgIpc) is 2.86. The van der Waals surface area contributed by atoms with Crippen LogP contribution in [0.1, 0.15) is 5.69 Å². The van der Waals surface area contributed by atoms with Crippen molar-refractivity contribution in [3.63, 3.8) is 0 Å². The summed E-state index contributed by atoms with van der Waals surface area (Å²) in [6, 6.07) is 11.6. The Labute approximate surface area is 108 Å². The first-order valence-electron chi connectivity index (χ1n) is 5.57. The normalized spacial score (nSPS) is 10.7. The molecule has 0 amide bonds. The van der Waals surface area contributed by atoms with Crippen LogP contribution in [0.5, 0.6) is 0 Å². The van der Waals surface area contributed by atoms with Crippen molar-refractivity contribution in [2.75, 3.05) is 0 Å². The van der Waals surface area contributed by atoms with E-state index in [0.29, 0.717) is 11.2 Å². The molecule has 0 aliphatic rings. The lowest BCUT2D eigenvalue weighted by Gasteiger charge is -1.97. The zero-order chi connectivity index (χ0) is 12.5. The molecule has 0 fully saturated rings. The van der Waals surface area contributed by atoms with Crippen molar-refractivity contribution in [2.45, 2.75) is 6.92 Å². The van der Waals surface area contributed by atoms with E-state index in [2.05, 4.69) is 9.97 Å². The highest BCUT2D eigenvalue weighted by Crippen LogP contribution is 2.28. The molecule has 2 aromatic heterocycles. The molecule has 0 N–H and O–H groups in total. The third-order valence-electron chi connectivity index (χ3n) is 2.72. The van der Waals surface area contributed by atoms with Gasteiger partial charge in [-0.05, 0) is 24.4 Å². The summed E-state index contributed by atoms with van der Waals surface area (Å²) < 4.78 is 0. The van der Waals surface area contributed by atoms with Gasteiger partial charge in [0.15, 0.2) is 0 Å². The van der Waals surface area contributed by atoms with Crippen LogP contribution in [0.25, 0.3) is 21.5 Å². The van der Waals surface area contributed by atoms with Crippen LogP contribution in [0.15, 0.2) is 46.6 Å². The molecule has 2 heterocycles. The zero-order valence-corrected chi connectivity index (χ0v) is 10.6. The van der Waals surface area contributed by atoms with Crippen LogP contribution < -0.4 is 5.56 Å². The molecule has 3 rings (SSSR count). The summed E-state index contributed by atoms with van der Waals surface area (Å²) in [5.41, 5.74) is 1.67. The largest absolute Gasteiger partial charge is 0.291 e. The Morgan fingerprint density at radius 3 is 2.67 bits per heavy atom. The van der Waals surface area contributed by atoms with Crippen LogP contribution in [0.3, 0.4) is 0 Å². The van der Waals surface area contributed by atoms with Crippen molar-refractivity contribution in [3.8, 4) is 10.6 Å². The minimum absolute atomic E-state index is 0.269. The molecule has 3 aromatic rings. The molecule has 3 nitrogen and oxygen atoms in total. The topological polar surface area (TPSA) is 42.9 Å². The van der Waals surface area contributed by atoms with E-state index in [-0.39, 0.29) is 5.56 Å². The van der Waals surface area contributed by atoms with Gasteiger partial charge in [0, 0.05) is 5.39 Å². The zero-order valence-electron chi connectivity index (χ0n) is 9.75. The van der Waals surface area contributed by atoms with Crippen molar-refractivity contribution in [3.05, 3.63) is 57.8 Å². The summed E-state index contributed by atoms with van der Waals surface area (Å²) in [5, 5.41) is 2.91. The third kappa shape index (κ3) is 1.80. The van der Waals surface area contributed by atoms with E-state index in [4.69, 9.17) is 0 Å². The first kappa shape index (κ1) is 11.0. The second-order valence-electron chi connectivity index (χ2n) is 3.96. The summed E-state index contributed by atoms with van der Waals surface area (Å²) in [7, 11) is 0. The van der Waals surface area contributed by atoms with Crippen molar-refractivity contribution < 1.29 is 0 Å². The van der Waals surface area contributed by atoms with Gasteiger partial charge in [-0.3, -0.25) is 4.79 Å². The van der Waals surface area contributed by atoms with Crippen molar-refractivity contribution in [2.24, 2.45) is 0 Å². The van der Waals surface area contributed by atoms with Gasteiger partial charge in [0.25, 0.3) is 5.56 Å². The van der Waals surface area contributed by atoms with Crippen molar-refractivity contribution in [1.82, 2.24) is 9.97 Å². The summed E-state index contributed by atoms with van der Waals surface area (Å²) >= 11 is 1.61. The number of nitrogens with zero attached hydrogens (tertiary/aromatic N) is 2. The Bertz CT molecular complexity index is 766. The average molecular weight is 254 g/mol. The molecule has 0 spiro atoms. The molecule has 18 heavy (non-hydrogen) atoms. The van der Waals surface area contributed by atoms with E-state index in [0.717, 1.165) is 16.0 Å². The maximum atomic E-state index is 11.8. The van der Waals surface area contributed by atoms with Crippen LogP contribution in [0.4, 0.5) is 0 Å². The van der Waals surface area contributed by atoms with E-state index in [1.165, 1.54) is 0 Å². The van der Waals surface area contributed by atoms with Crippen LogP contribution in [0, 0.1) is 6.92 Å². The molecule has 0 unspecified atom stereocenters. The maximum Gasteiger partial charge on any atom is 0.291 e. The second-order valence-corrected chi connectivity index (χ2v) is 4.90. The lowest BCUT2D eigenvalue weighted by atomic mass is 10.2. The van der Waals surface area contributed by atoms with Crippen molar-refractivity contribution >= 4 is 22.2 Å². The molecular formula is C14H10N2OS. The van der Waals surface area contributed by atoms with Crippen LogP contribution in [-0.2, 0) is 0 Å². The predicted octanol–water partition coefficient (Wildman–Crippen LogP) is 3.03. The number of fused-ring (bicyclic) bond motifs is 1. The fraction of sp³-hybridized carbons (Fsp3) is 0.0714. The number of rotatable bonds is 1. The molecule has 0 saturated heterocycles. The lowest BCUT2D eigenvalue weighted by Crippen LogP contribution is -2.06. The smallest absolute Gasteiger partial charge is 0.265 e. The molecule has 1 aromatic carbocycles. The Hall–Kier alpha value is -2.07. The Morgan fingerprint density at radius 1 is 1.06 bits per heavy atom. The molecule has 4 heteroatoms. The van der Waals surface area contributed by atoms with Gasteiger partial charge in [-0.1, -0.05) is 24.3 Å². The van der Waals surface area contributed by atoms with Crippen LogP contribution in [0.2, 0.25) is 0 Å². The standard InChI is InChI=1S/C14H10N2OS/c1-9-14(17)16-11-6-3-2-5-10(11)13(15-9)12-7-4-8-18-12/h2-8H,1H3. The quantitative estimate of drug-likeness (QED) is 0.670. The molecule has 0 aliphatic carbocycles. The highest BCUT2D eigenvalue weighted by atomic mass is 32.1. The number of hydrogen-bond donors (Lipinski definition) is 0. The lowest BCUT2D eigenvalue weighted by molar-refractivity contribution is 1.15. The van der Waals surface area contributed by atoms with E-state index < -0.39 is 0 Å². The van der Waals surface area contributed by atoms with Gasteiger partial charge in [-0.15, -0.1) is 11.3 Å². The fourth-order valence-corrected chi connectivity index (χ4v) is 2.57.